The summed E-state index contributed by atoms with van der Waals surface area (Å²) in [5.41, 5.74) is 6.06. The second kappa shape index (κ2) is 27.3. The lowest BCUT2D eigenvalue weighted by Crippen LogP contribution is -2.37. The Bertz CT molecular complexity index is 3150. The molecule has 3 heterocycles. The largest absolute Gasteiger partial charge is 0.494 e. The highest BCUT2D eigenvalue weighted by atomic mass is 32.2. The van der Waals surface area contributed by atoms with Crippen molar-refractivity contribution in [3.63, 3.8) is 0 Å². The summed E-state index contributed by atoms with van der Waals surface area (Å²) in [6, 6.07) is 21.1. The van der Waals surface area contributed by atoms with Gasteiger partial charge in [-0.1, -0.05) is 94.2 Å². The molecular formula is C60H81N6O10S2+. The van der Waals surface area contributed by atoms with Gasteiger partial charge in [0.2, 0.25) is 11.6 Å². The molecule has 7 rings (SSSR count). The molecule has 1 saturated heterocycles. The number of carbonyl (C=O) groups excluding carboxylic acids is 1. The van der Waals surface area contributed by atoms with Crippen LogP contribution >= 0.6 is 0 Å². The van der Waals surface area contributed by atoms with Crippen molar-refractivity contribution in [2.75, 3.05) is 73.7 Å². The number of carbonyl (C=O) groups is 1. The molecule has 0 unspecified atom stereocenters. The summed E-state index contributed by atoms with van der Waals surface area (Å²) >= 11 is 0. The van der Waals surface area contributed by atoms with Gasteiger partial charge in [0, 0.05) is 80.1 Å². The fourth-order valence-electron chi connectivity index (χ4n) is 11.0. The first-order chi connectivity index (χ1) is 37.3. The number of para-hydroxylation sites is 1. The van der Waals surface area contributed by atoms with E-state index in [2.05, 4.69) is 88.4 Å². The summed E-state index contributed by atoms with van der Waals surface area (Å²) in [6.07, 6.45) is 21.5. The van der Waals surface area contributed by atoms with Gasteiger partial charge in [0.1, 0.15) is 23.7 Å². The van der Waals surface area contributed by atoms with Crippen LogP contribution in [0, 0.1) is 0 Å². The Morgan fingerprint density at radius 3 is 2.15 bits per heavy atom. The SMILES string of the molecule is CC1(C)C(=CC=CC=CC2=[N+](CCCCS(=O)(=O)O)c3ccccc3C2(C)C)N(CCCCCC(=O)NCCCCCCNc2c(NCCCOc3cccc(CN4CCCCC4)c3)c(=O)c2=O)c2cc(S(=O)(=O)O)ccc21. The van der Waals surface area contributed by atoms with E-state index >= 15 is 0 Å². The van der Waals surface area contributed by atoms with Gasteiger partial charge in [-0.2, -0.15) is 21.4 Å². The molecule has 1 fully saturated rings. The van der Waals surface area contributed by atoms with E-state index < -0.39 is 36.5 Å². The molecule has 422 valence electrons. The van der Waals surface area contributed by atoms with E-state index in [0.29, 0.717) is 88.5 Å². The number of unbranched alkanes of at least 4 members (excludes halogenated alkanes) is 6. The normalized spacial score (nSPS) is 16.9. The van der Waals surface area contributed by atoms with E-state index in [9.17, 15) is 40.3 Å². The second-order valence-corrected chi connectivity index (χ2v) is 24.9. The molecule has 78 heavy (non-hydrogen) atoms. The lowest BCUT2D eigenvalue weighted by molar-refractivity contribution is -0.438. The smallest absolute Gasteiger partial charge is 0.294 e. The number of rotatable bonds is 31. The average molecular weight is 1110 g/mol. The van der Waals surface area contributed by atoms with E-state index in [1.54, 1.807) is 6.07 Å². The van der Waals surface area contributed by atoms with Gasteiger partial charge in [0.15, 0.2) is 5.71 Å². The Balaban J connectivity index is 0.817. The summed E-state index contributed by atoms with van der Waals surface area (Å²) in [5.74, 6) is 0.548. The van der Waals surface area contributed by atoms with Gasteiger partial charge in [0.05, 0.1) is 22.7 Å². The van der Waals surface area contributed by atoms with Gasteiger partial charge in [-0.15, -0.1) is 0 Å². The van der Waals surface area contributed by atoms with E-state index in [-0.39, 0.29) is 22.0 Å². The molecule has 16 nitrogen and oxygen atoms in total. The minimum absolute atomic E-state index is 0.00619. The molecule has 0 aliphatic carbocycles. The summed E-state index contributed by atoms with van der Waals surface area (Å²) in [4.78, 5) is 41.9. The number of allylic oxidation sites excluding steroid dienone is 6. The molecule has 1 amide bonds. The van der Waals surface area contributed by atoms with E-state index in [1.165, 1.54) is 42.5 Å². The standard InChI is InChI=1S/C60H80N6O10S2/c1-59(2)48-26-13-14-27-50(48)65(39-20-21-41-77(70,71)72)52(59)28-10-7-11-29-53-60(3,4)49-32-31-47(78(73,74)75)43-51(49)66(53)38-19-8-12-30-54(67)61-33-15-5-6-16-34-62-55-56(58(69)57(55)68)63-35-23-40-76-46-25-22-24-45(42-46)44-64-36-17-9-18-37-64/h7,10-11,13-14,22,24-29,31-32,42-43H,5-6,8-9,12,15-21,23,30,33-41,44H2,1-4H3,(H4-,61,62,63,67,68,69,70,71,72,73,74,75)/p+1. The quantitative estimate of drug-likeness (QED) is 0.0104. The Hall–Kier alpha value is -5.92. The van der Waals surface area contributed by atoms with Crippen molar-refractivity contribution in [1.29, 1.82) is 0 Å². The van der Waals surface area contributed by atoms with Gasteiger partial charge in [-0.3, -0.25) is 28.4 Å². The summed E-state index contributed by atoms with van der Waals surface area (Å²) in [5, 5.41) is 9.31. The number of nitrogens with zero attached hydrogens (tertiary/aromatic N) is 3. The van der Waals surface area contributed by atoms with Crippen molar-refractivity contribution >= 4 is 54.6 Å². The van der Waals surface area contributed by atoms with Crippen LogP contribution in [0.5, 0.6) is 5.75 Å². The summed E-state index contributed by atoms with van der Waals surface area (Å²) in [7, 11) is -8.49. The van der Waals surface area contributed by atoms with Crippen molar-refractivity contribution in [2.45, 2.75) is 140 Å². The predicted molar refractivity (Wildman–Crippen MR) is 312 cm³/mol. The number of anilines is 3. The van der Waals surface area contributed by atoms with Crippen LogP contribution in [-0.2, 0) is 42.4 Å². The second-order valence-electron chi connectivity index (χ2n) is 21.9. The summed E-state index contributed by atoms with van der Waals surface area (Å²) < 4.78 is 74.7. The van der Waals surface area contributed by atoms with E-state index in [0.717, 1.165) is 86.6 Å². The van der Waals surface area contributed by atoms with Crippen LogP contribution in [0.4, 0.5) is 22.7 Å². The molecule has 4 aromatic carbocycles. The molecule has 18 heteroatoms. The molecule has 3 aliphatic rings. The molecule has 0 spiro atoms. The third-order valence-electron chi connectivity index (χ3n) is 15.3. The van der Waals surface area contributed by atoms with Gasteiger partial charge in [-0.05, 0) is 120 Å². The van der Waals surface area contributed by atoms with Crippen LogP contribution in [-0.4, -0.2) is 105 Å². The number of amides is 1. The Kier molecular flexibility index (Phi) is 20.9. The first-order valence-electron chi connectivity index (χ1n) is 27.9. The average Bonchev–Trinajstić information content (AvgIpc) is 3.99. The first kappa shape index (κ1) is 59.7. The van der Waals surface area contributed by atoms with Crippen molar-refractivity contribution < 1.29 is 40.0 Å². The van der Waals surface area contributed by atoms with Crippen molar-refractivity contribution in [3.05, 3.63) is 140 Å². The van der Waals surface area contributed by atoms with Gasteiger partial charge < -0.3 is 25.6 Å². The fourth-order valence-corrected chi connectivity index (χ4v) is 12.1. The highest BCUT2D eigenvalue weighted by Gasteiger charge is 2.44. The maximum atomic E-state index is 12.8. The van der Waals surface area contributed by atoms with Crippen LogP contribution in [0.1, 0.15) is 134 Å². The predicted octanol–water partition coefficient (Wildman–Crippen LogP) is 9.58. The summed E-state index contributed by atoms with van der Waals surface area (Å²) in [6.45, 7) is 15.0. The van der Waals surface area contributed by atoms with E-state index in [1.807, 2.05) is 48.6 Å². The number of hydrogen-bond donors (Lipinski definition) is 5. The van der Waals surface area contributed by atoms with E-state index in [4.69, 9.17) is 4.74 Å². The molecule has 0 atom stereocenters. The maximum absolute atomic E-state index is 12.8. The number of nitrogens with one attached hydrogen (secondary N) is 3. The van der Waals surface area contributed by atoms with Crippen LogP contribution in [0.2, 0.25) is 0 Å². The third-order valence-corrected chi connectivity index (χ3v) is 16.9. The number of fused-ring (bicyclic) bond motifs is 2. The van der Waals surface area contributed by atoms with Gasteiger partial charge in [0.25, 0.3) is 31.1 Å². The Morgan fingerprint density at radius 1 is 0.718 bits per heavy atom. The van der Waals surface area contributed by atoms with Crippen LogP contribution in [0.15, 0.2) is 117 Å². The number of benzene rings is 3. The van der Waals surface area contributed by atoms with Gasteiger partial charge >= 0.3 is 0 Å². The fraction of sp³-hybridized carbons (Fsp3) is 0.500. The highest BCUT2D eigenvalue weighted by Crippen LogP contribution is 2.49. The minimum Gasteiger partial charge on any atom is -0.494 e. The zero-order chi connectivity index (χ0) is 55.9. The monoisotopic (exact) mass is 1110 g/mol. The molecule has 4 aromatic rings. The van der Waals surface area contributed by atoms with Gasteiger partial charge in [-0.25, -0.2) is 0 Å². The lowest BCUT2D eigenvalue weighted by Gasteiger charge is -2.27. The molecule has 5 N–H and O–H groups in total. The molecular weight excluding hydrogens is 1030 g/mol. The Labute approximate surface area is 461 Å². The third kappa shape index (κ3) is 15.9. The zero-order valence-corrected chi connectivity index (χ0v) is 47.7. The van der Waals surface area contributed by atoms with Crippen molar-refractivity contribution in [3.8, 4) is 5.75 Å². The van der Waals surface area contributed by atoms with Crippen LogP contribution < -0.4 is 36.4 Å². The molecule has 0 bridgehead atoms. The number of likely N-dealkylation sites (tertiary alicyclic amines) is 1. The molecule has 3 aliphatic heterocycles. The Morgan fingerprint density at radius 2 is 1.42 bits per heavy atom. The first-order valence-corrected chi connectivity index (χ1v) is 31.0. The maximum Gasteiger partial charge on any atom is 0.294 e. The van der Waals surface area contributed by atoms with Crippen molar-refractivity contribution in [1.82, 2.24) is 10.2 Å². The number of piperidine rings is 1. The molecule has 0 saturated carbocycles. The lowest BCUT2D eigenvalue weighted by atomic mass is 9.81. The molecule has 0 radical (unpaired) electrons. The number of hydrogen-bond acceptors (Lipinski definition) is 12. The highest BCUT2D eigenvalue weighted by molar-refractivity contribution is 7.86. The van der Waals surface area contributed by atoms with Crippen LogP contribution in [0.25, 0.3) is 0 Å². The minimum atomic E-state index is -4.45. The van der Waals surface area contributed by atoms with Crippen molar-refractivity contribution in [2.24, 2.45) is 0 Å². The number of ether oxygens (including phenoxy) is 1. The molecule has 0 aromatic heterocycles. The zero-order valence-electron chi connectivity index (χ0n) is 46.0. The van der Waals surface area contributed by atoms with Crippen LogP contribution in [0.3, 0.4) is 0 Å². The topological polar surface area (TPSA) is 215 Å².